The number of thiophene rings is 1. The second kappa shape index (κ2) is 6.05. The summed E-state index contributed by atoms with van der Waals surface area (Å²) in [4.78, 5) is 12.1. The molecule has 1 fully saturated rings. The summed E-state index contributed by atoms with van der Waals surface area (Å²) in [6.07, 6.45) is 1.03. The lowest BCUT2D eigenvalue weighted by atomic mass is 10.1. The zero-order valence-corrected chi connectivity index (χ0v) is 13.5. The molecule has 2 aromatic carbocycles. The molecule has 3 aromatic rings. The van der Waals surface area contributed by atoms with Gasteiger partial charge in [0.05, 0.1) is 0 Å². The van der Waals surface area contributed by atoms with Gasteiger partial charge in [0.1, 0.15) is 0 Å². The highest BCUT2D eigenvalue weighted by Gasteiger charge is 2.39. The van der Waals surface area contributed by atoms with Gasteiger partial charge in [-0.2, -0.15) is 0 Å². The summed E-state index contributed by atoms with van der Waals surface area (Å²) in [5, 5.41) is 9.39. The number of benzene rings is 2. The van der Waals surface area contributed by atoms with E-state index in [1.807, 2.05) is 30.3 Å². The van der Waals surface area contributed by atoms with Crippen LogP contribution in [-0.2, 0) is 6.54 Å². The van der Waals surface area contributed by atoms with Gasteiger partial charge in [0, 0.05) is 23.2 Å². The lowest BCUT2D eigenvalue weighted by molar-refractivity contribution is 0.240. The molecule has 0 bridgehead atoms. The molecule has 2 unspecified atom stereocenters. The lowest BCUT2D eigenvalue weighted by Crippen LogP contribution is -2.36. The summed E-state index contributed by atoms with van der Waals surface area (Å²) in [6.45, 7) is 0.568. The van der Waals surface area contributed by atoms with Gasteiger partial charge in [-0.15, -0.1) is 11.3 Å². The Morgan fingerprint density at radius 1 is 1.09 bits per heavy atom. The van der Waals surface area contributed by atoms with Crippen LogP contribution in [0.15, 0.2) is 60.0 Å². The Morgan fingerprint density at radius 3 is 2.74 bits per heavy atom. The van der Waals surface area contributed by atoms with Crippen LogP contribution in [0.3, 0.4) is 0 Å². The summed E-state index contributed by atoms with van der Waals surface area (Å²) in [6, 6.07) is 18.8. The fraction of sp³-hybridized carbons (Fsp3) is 0.211. The largest absolute Gasteiger partial charge is 0.335 e. The first-order chi connectivity index (χ1) is 11.3. The van der Waals surface area contributed by atoms with E-state index in [4.69, 9.17) is 0 Å². The molecule has 23 heavy (non-hydrogen) atoms. The molecule has 116 valence electrons. The van der Waals surface area contributed by atoms with Crippen LogP contribution >= 0.6 is 11.3 Å². The van der Waals surface area contributed by atoms with E-state index in [9.17, 15) is 4.79 Å². The highest BCUT2D eigenvalue weighted by Crippen LogP contribution is 2.40. The van der Waals surface area contributed by atoms with E-state index in [1.165, 1.54) is 21.2 Å². The normalized spacial score (nSPS) is 19.5. The molecule has 1 heterocycles. The van der Waals surface area contributed by atoms with E-state index in [0.717, 1.165) is 6.42 Å². The van der Waals surface area contributed by atoms with Crippen molar-refractivity contribution >= 4 is 27.5 Å². The molecule has 2 atom stereocenters. The van der Waals surface area contributed by atoms with Crippen LogP contribution in [0.2, 0.25) is 0 Å². The maximum absolute atomic E-state index is 12.1. The lowest BCUT2D eigenvalue weighted by Gasteiger charge is -2.07. The van der Waals surface area contributed by atoms with E-state index in [1.54, 1.807) is 11.3 Å². The van der Waals surface area contributed by atoms with Crippen molar-refractivity contribution in [2.45, 2.75) is 24.9 Å². The van der Waals surface area contributed by atoms with E-state index >= 15 is 0 Å². The molecule has 2 N–H and O–H groups in total. The predicted molar refractivity (Wildman–Crippen MR) is 94.8 cm³/mol. The molecule has 0 aliphatic heterocycles. The molecule has 1 aliphatic carbocycles. The van der Waals surface area contributed by atoms with E-state index in [-0.39, 0.29) is 12.1 Å². The fourth-order valence-electron chi connectivity index (χ4n) is 2.99. The van der Waals surface area contributed by atoms with Gasteiger partial charge in [-0.3, -0.25) is 0 Å². The highest BCUT2D eigenvalue weighted by molar-refractivity contribution is 7.17. The minimum Gasteiger partial charge on any atom is -0.335 e. The first-order valence-corrected chi connectivity index (χ1v) is 8.73. The van der Waals surface area contributed by atoms with E-state index in [2.05, 4.69) is 40.3 Å². The summed E-state index contributed by atoms with van der Waals surface area (Å²) in [5.74, 6) is 0.462. The Morgan fingerprint density at radius 2 is 1.87 bits per heavy atom. The standard InChI is InChI=1S/C19H18N2OS/c22-19(21-17-10-16(17)13-6-2-1-3-7-13)20-11-14-12-23-18-9-5-4-8-15(14)18/h1-9,12,16-17H,10-11H2,(H2,20,21,22). The van der Waals surface area contributed by atoms with E-state index < -0.39 is 0 Å². The minimum atomic E-state index is -0.0799. The number of nitrogens with one attached hydrogen (secondary N) is 2. The molecule has 1 aromatic heterocycles. The average Bonchev–Trinajstić information content (AvgIpc) is 3.23. The second-order valence-electron chi connectivity index (χ2n) is 5.94. The second-order valence-corrected chi connectivity index (χ2v) is 6.85. The van der Waals surface area contributed by atoms with Crippen molar-refractivity contribution in [3.8, 4) is 0 Å². The van der Waals surface area contributed by atoms with Gasteiger partial charge in [0.25, 0.3) is 0 Å². The van der Waals surface area contributed by atoms with Crippen molar-refractivity contribution in [1.82, 2.24) is 10.6 Å². The molecule has 4 rings (SSSR count). The van der Waals surface area contributed by atoms with Gasteiger partial charge in [-0.25, -0.2) is 4.79 Å². The molecule has 3 nitrogen and oxygen atoms in total. The molecular weight excluding hydrogens is 304 g/mol. The maximum Gasteiger partial charge on any atom is 0.315 e. The Hall–Kier alpha value is -2.33. The number of hydrogen-bond acceptors (Lipinski definition) is 2. The van der Waals surface area contributed by atoms with Crippen molar-refractivity contribution in [2.24, 2.45) is 0 Å². The van der Waals surface area contributed by atoms with Crippen LogP contribution in [0.25, 0.3) is 10.1 Å². The first kappa shape index (κ1) is 14.3. The molecular formula is C19H18N2OS. The topological polar surface area (TPSA) is 41.1 Å². The number of fused-ring (bicyclic) bond motifs is 1. The molecule has 2 amide bonds. The highest BCUT2D eigenvalue weighted by atomic mass is 32.1. The van der Waals surface area contributed by atoms with E-state index in [0.29, 0.717) is 12.5 Å². The first-order valence-electron chi connectivity index (χ1n) is 7.85. The number of carbonyl (C=O) groups is 1. The zero-order valence-electron chi connectivity index (χ0n) is 12.7. The van der Waals surface area contributed by atoms with Crippen molar-refractivity contribution in [3.63, 3.8) is 0 Å². The maximum atomic E-state index is 12.1. The van der Waals surface area contributed by atoms with Gasteiger partial charge in [0.2, 0.25) is 0 Å². The molecule has 4 heteroatoms. The van der Waals surface area contributed by atoms with Crippen molar-refractivity contribution in [1.29, 1.82) is 0 Å². The Balaban J connectivity index is 1.31. The molecule has 0 saturated heterocycles. The third-order valence-corrected chi connectivity index (χ3v) is 5.35. The summed E-state index contributed by atoms with van der Waals surface area (Å²) < 4.78 is 1.26. The predicted octanol–water partition coefficient (Wildman–Crippen LogP) is 4.26. The van der Waals surface area contributed by atoms with Crippen LogP contribution in [-0.4, -0.2) is 12.1 Å². The average molecular weight is 322 g/mol. The molecule has 1 aliphatic rings. The number of carbonyl (C=O) groups excluding carboxylic acids is 1. The van der Waals surface area contributed by atoms with Crippen LogP contribution < -0.4 is 10.6 Å². The van der Waals surface area contributed by atoms with Crippen LogP contribution in [0.4, 0.5) is 4.79 Å². The third kappa shape index (κ3) is 3.08. The molecule has 1 saturated carbocycles. The smallest absolute Gasteiger partial charge is 0.315 e. The van der Waals surface area contributed by atoms with Crippen LogP contribution in [0.5, 0.6) is 0 Å². The van der Waals surface area contributed by atoms with Gasteiger partial charge in [0.15, 0.2) is 0 Å². The quantitative estimate of drug-likeness (QED) is 0.740. The summed E-state index contributed by atoms with van der Waals surface area (Å²) in [5.41, 5.74) is 2.48. The zero-order chi connectivity index (χ0) is 15.6. The van der Waals surface area contributed by atoms with Gasteiger partial charge in [-0.1, -0.05) is 48.5 Å². The van der Waals surface area contributed by atoms with Gasteiger partial charge < -0.3 is 10.6 Å². The van der Waals surface area contributed by atoms with Crippen molar-refractivity contribution in [2.75, 3.05) is 0 Å². The van der Waals surface area contributed by atoms with Gasteiger partial charge in [-0.05, 0) is 34.4 Å². The van der Waals surface area contributed by atoms with Crippen molar-refractivity contribution < 1.29 is 4.79 Å². The SMILES string of the molecule is O=C(NCc1csc2ccccc12)NC1CC1c1ccccc1. The Bertz CT molecular complexity index is 828. The molecule has 0 radical (unpaired) electrons. The fourth-order valence-corrected chi connectivity index (χ4v) is 3.95. The van der Waals surface area contributed by atoms with Gasteiger partial charge >= 0.3 is 6.03 Å². The Kier molecular flexibility index (Phi) is 3.75. The number of amides is 2. The monoisotopic (exact) mass is 322 g/mol. The summed E-state index contributed by atoms with van der Waals surface area (Å²) in [7, 11) is 0. The summed E-state index contributed by atoms with van der Waals surface area (Å²) >= 11 is 1.72. The third-order valence-electron chi connectivity index (χ3n) is 4.34. The van der Waals surface area contributed by atoms with Crippen LogP contribution in [0, 0.1) is 0 Å². The number of rotatable bonds is 4. The Labute approximate surface area is 139 Å². The van der Waals surface area contributed by atoms with Crippen LogP contribution in [0.1, 0.15) is 23.5 Å². The minimum absolute atomic E-state index is 0.0799. The molecule has 0 spiro atoms. The number of hydrogen-bond donors (Lipinski definition) is 2. The number of urea groups is 1. The van der Waals surface area contributed by atoms with Crippen molar-refractivity contribution in [3.05, 3.63) is 71.1 Å².